The molecule has 2 heterocycles. The van der Waals surface area contributed by atoms with Gasteiger partial charge in [-0.15, -0.1) is 0 Å². The summed E-state index contributed by atoms with van der Waals surface area (Å²) in [6.45, 7) is 5.07. The molecule has 0 saturated carbocycles. The number of nitrogens with zero attached hydrogens (tertiary/aromatic N) is 2. The Balaban J connectivity index is 2.22. The van der Waals surface area contributed by atoms with E-state index < -0.39 is 5.97 Å². The minimum Gasteiger partial charge on any atom is -0.478 e. The number of carboxylic acids is 1. The third-order valence-electron chi connectivity index (χ3n) is 2.82. The predicted octanol–water partition coefficient (Wildman–Crippen LogP) is 1.31. The van der Waals surface area contributed by atoms with E-state index in [-0.39, 0.29) is 5.56 Å². The molecule has 0 aromatic carbocycles. The van der Waals surface area contributed by atoms with Crippen molar-refractivity contribution in [3.63, 3.8) is 0 Å². The molecule has 0 aliphatic carbocycles. The SMILES string of the molecule is Cc1cc(C(=O)O)cnc1N1CCCOCC1. The van der Waals surface area contributed by atoms with E-state index in [1.807, 2.05) is 6.92 Å². The first-order valence-corrected chi connectivity index (χ1v) is 5.71. The number of carbonyl (C=O) groups is 1. The molecule has 0 atom stereocenters. The monoisotopic (exact) mass is 236 g/mol. The predicted molar refractivity (Wildman–Crippen MR) is 63.6 cm³/mol. The minimum atomic E-state index is -0.939. The van der Waals surface area contributed by atoms with Crippen LogP contribution < -0.4 is 4.90 Å². The molecule has 0 radical (unpaired) electrons. The molecular weight excluding hydrogens is 220 g/mol. The lowest BCUT2D eigenvalue weighted by atomic mass is 10.2. The molecule has 1 fully saturated rings. The average Bonchev–Trinajstić information content (AvgIpc) is 2.57. The Bertz CT molecular complexity index is 412. The lowest BCUT2D eigenvalue weighted by molar-refractivity contribution is 0.0696. The number of hydrogen-bond donors (Lipinski definition) is 1. The van der Waals surface area contributed by atoms with Gasteiger partial charge in [0, 0.05) is 25.9 Å². The van der Waals surface area contributed by atoms with Crippen molar-refractivity contribution in [2.75, 3.05) is 31.2 Å². The minimum absolute atomic E-state index is 0.234. The maximum Gasteiger partial charge on any atom is 0.337 e. The Morgan fingerprint density at radius 1 is 1.47 bits per heavy atom. The van der Waals surface area contributed by atoms with Crippen LogP contribution in [0.2, 0.25) is 0 Å². The number of pyridine rings is 1. The van der Waals surface area contributed by atoms with Crippen LogP contribution in [-0.4, -0.2) is 42.4 Å². The van der Waals surface area contributed by atoms with Gasteiger partial charge in [-0.05, 0) is 25.0 Å². The Hall–Kier alpha value is -1.62. The molecule has 1 aromatic rings. The molecule has 1 saturated heterocycles. The molecule has 0 unspecified atom stereocenters. The number of hydrogen-bond acceptors (Lipinski definition) is 4. The van der Waals surface area contributed by atoms with Crippen molar-refractivity contribution >= 4 is 11.8 Å². The fraction of sp³-hybridized carbons (Fsp3) is 0.500. The first-order valence-electron chi connectivity index (χ1n) is 5.71. The number of aromatic carboxylic acids is 1. The Kier molecular flexibility index (Phi) is 3.58. The van der Waals surface area contributed by atoms with Gasteiger partial charge in [0.05, 0.1) is 12.2 Å². The summed E-state index contributed by atoms with van der Waals surface area (Å²) < 4.78 is 5.38. The number of ether oxygens (including phenoxy) is 1. The molecule has 2 rings (SSSR count). The topological polar surface area (TPSA) is 62.7 Å². The van der Waals surface area contributed by atoms with E-state index in [2.05, 4.69) is 9.88 Å². The summed E-state index contributed by atoms with van der Waals surface area (Å²) in [7, 11) is 0. The van der Waals surface area contributed by atoms with Crippen LogP contribution in [0.3, 0.4) is 0 Å². The molecule has 17 heavy (non-hydrogen) atoms. The normalized spacial score (nSPS) is 16.6. The molecule has 0 spiro atoms. The van der Waals surface area contributed by atoms with Crippen LogP contribution in [0.25, 0.3) is 0 Å². The van der Waals surface area contributed by atoms with Gasteiger partial charge in [0.1, 0.15) is 5.82 Å². The van der Waals surface area contributed by atoms with Gasteiger partial charge in [0.25, 0.3) is 0 Å². The van der Waals surface area contributed by atoms with Gasteiger partial charge in [-0.1, -0.05) is 0 Å². The average molecular weight is 236 g/mol. The van der Waals surface area contributed by atoms with Crippen molar-refractivity contribution in [2.24, 2.45) is 0 Å². The third kappa shape index (κ3) is 2.74. The molecule has 1 N–H and O–H groups in total. The largest absolute Gasteiger partial charge is 0.478 e. The van der Waals surface area contributed by atoms with Crippen LogP contribution in [0.4, 0.5) is 5.82 Å². The van der Waals surface area contributed by atoms with Crippen molar-refractivity contribution in [2.45, 2.75) is 13.3 Å². The second-order valence-electron chi connectivity index (χ2n) is 4.12. The zero-order valence-electron chi connectivity index (χ0n) is 9.85. The first-order chi connectivity index (χ1) is 8.18. The molecule has 1 aliphatic heterocycles. The standard InChI is InChI=1S/C12H16N2O3/c1-9-7-10(12(15)16)8-13-11(9)14-3-2-5-17-6-4-14/h7-8H,2-6H2,1H3,(H,15,16). The number of carboxylic acid groups (broad SMARTS) is 1. The highest BCUT2D eigenvalue weighted by molar-refractivity contribution is 5.87. The molecule has 0 bridgehead atoms. The summed E-state index contributed by atoms with van der Waals surface area (Å²) >= 11 is 0. The van der Waals surface area contributed by atoms with Crippen molar-refractivity contribution < 1.29 is 14.6 Å². The van der Waals surface area contributed by atoms with Crippen LogP contribution in [0.5, 0.6) is 0 Å². The van der Waals surface area contributed by atoms with E-state index in [1.165, 1.54) is 6.20 Å². The van der Waals surface area contributed by atoms with Crippen LogP contribution in [-0.2, 0) is 4.74 Å². The maximum absolute atomic E-state index is 10.8. The van der Waals surface area contributed by atoms with Crippen molar-refractivity contribution in [3.8, 4) is 0 Å². The van der Waals surface area contributed by atoms with Gasteiger partial charge in [0.2, 0.25) is 0 Å². The number of aryl methyl sites for hydroxylation is 1. The van der Waals surface area contributed by atoms with Crippen LogP contribution in [0.1, 0.15) is 22.3 Å². The van der Waals surface area contributed by atoms with E-state index in [1.54, 1.807) is 6.07 Å². The van der Waals surface area contributed by atoms with Gasteiger partial charge in [0.15, 0.2) is 0 Å². The molecule has 92 valence electrons. The lowest BCUT2D eigenvalue weighted by Gasteiger charge is -2.22. The quantitative estimate of drug-likeness (QED) is 0.839. The van der Waals surface area contributed by atoms with Gasteiger partial charge >= 0.3 is 5.97 Å². The summed E-state index contributed by atoms with van der Waals surface area (Å²) in [5.74, 6) is -0.0770. The third-order valence-corrected chi connectivity index (χ3v) is 2.82. The van der Waals surface area contributed by atoms with Crippen molar-refractivity contribution in [3.05, 3.63) is 23.4 Å². The summed E-state index contributed by atoms with van der Waals surface area (Å²) in [5, 5.41) is 8.88. The van der Waals surface area contributed by atoms with E-state index >= 15 is 0 Å². The van der Waals surface area contributed by atoms with E-state index in [0.29, 0.717) is 6.61 Å². The second kappa shape index (κ2) is 5.14. The molecule has 5 nitrogen and oxygen atoms in total. The number of anilines is 1. The summed E-state index contributed by atoms with van der Waals surface area (Å²) in [6, 6.07) is 1.66. The van der Waals surface area contributed by atoms with Crippen LogP contribution >= 0.6 is 0 Å². The molecule has 0 amide bonds. The zero-order chi connectivity index (χ0) is 12.3. The van der Waals surface area contributed by atoms with Crippen LogP contribution in [0, 0.1) is 6.92 Å². The van der Waals surface area contributed by atoms with E-state index in [0.717, 1.165) is 37.5 Å². The smallest absolute Gasteiger partial charge is 0.337 e. The number of rotatable bonds is 2. The highest BCUT2D eigenvalue weighted by Gasteiger charge is 2.15. The fourth-order valence-electron chi connectivity index (χ4n) is 1.97. The van der Waals surface area contributed by atoms with Gasteiger partial charge < -0.3 is 14.7 Å². The van der Waals surface area contributed by atoms with Gasteiger partial charge in [-0.2, -0.15) is 0 Å². The molecular formula is C12H16N2O3. The fourth-order valence-corrected chi connectivity index (χ4v) is 1.97. The lowest BCUT2D eigenvalue weighted by Crippen LogP contribution is -2.27. The summed E-state index contributed by atoms with van der Waals surface area (Å²) in [4.78, 5) is 17.2. The molecule has 1 aliphatic rings. The van der Waals surface area contributed by atoms with E-state index in [4.69, 9.17) is 9.84 Å². The van der Waals surface area contributed by atoms with Gasteiger partial charge in [-0.3, -0.25) is 0 Å². The Labute approximate surface area is 100 Å². The highest BCUT2D eigenvalue weighted by Crippen LogP contribution is 2.19. The zero-order valence-corrected chi connectivity index (χ0v) is 9.85. The number of aromatic nitrogens is 1. The first kappa shape index (κ1) is 11.9. The van der Waals surface area contributed by atoms with Crippen LogP contribution in [0.15, 0.2) is 12.3 Å². The van der Waals surface area contributed by atoms with Crippen molar-refractivity contribution in [1.82, 2.24) is 4.98 Å². The summed E-state index contributed by atoms with van der Waals surface area (Å²) in [5.41, 5.74) is 1.13. The summed E-state index contributed by atoms with van der Waals surface area (Å²) in [6.07, 6.45) is 2.39. The molecule has 5 heteroatoms. The second-order valence-corrected chi connectivity index (χ2v) is 4.12. The van der Waals surface area contributed by atoms with Crippen molar-refractivity contribution in [1.29, 1.82) is 0 Å². The maximum atomic E-state index is 10.8. The Morgan fingerprint density at radius 3 is 3.00 bits per heavy atom. The molecule has 1 aromatic heterocycles. The van der Waals surface area contributed by atoms with Gasteiger partial charge in [-0.25, -0.2) is 9.78 Å². The van der Waals surface area contributed by atoms with E-state index in [9.17, 15) is 4.79 Å². The Morgan fingerprint density at radius 2 is 2.29 bits per heavy atom. The highest BCUT2D eigenvalue weighted by atomic mass is 16.5.